The SMILES string of the molecule is O=Cc1ccc(Oc2cccc(OC(F)F)c2)cc1. The lowest BCUT2D eigenvalue weighted by molar-refractivity contribution is -0.0499. The number of alkyl halides is 2. The molecule has 0 aliphatic heterocycles. The zero-order valence-electron chi connectivity index (χ0n) is 9.75. The summed E-state index contributed by atoms with van der Waals surface area (Å²) in [5.74, 6) is 0.897. The number of hydrogen-bond donors (Lipinski definition) is 0. The third kappa shape index (κ3) is 3.77. The fraction of sp³-hybridized carbons (Fsp3) is 0.0714. The van der Waals surface area contributed by atoms with Crippen molar-refractivity contribution in [3.63, 3.8) is 0 Å². The van der Waals surface area contributed by atoms with Crippen LogP contribution in [0.1, 0.15) is 10.4 Å². The lowest BCUT2D eigenvalue weighted by Crippen LogP contribution is -2.01. The Morgan fingerprint density at radius 3 is 2.26 bits per heavy atom. The second kappa shape index (κ2) is 5.95. The number of ether oxygens (including phenoxy) is 2. The molecule has 3 nitrogen and oxygen atoms in total. The molecule has 0 aromatic heterocycles. The number of rotatable bonds is 5. The Hall–Kier alpha value is -2.43. The van der Waals surface area contributed by atoms with Crippen LogP contribution in [-0.4, -0.2) is 12.9 Å². The Morgan fingerprint density at radius 2 is 1.63 bits per heavy atom. The molecule has 98 valence electrons. The van der Waals surface area contributed by atoms with Crippen LogP contribution in [0.5, 0.6) is 17.2 Å². The van der Waals surface area contributed by atoms with Crippen LogP contribution in [0.4, 0.5) is 8.78 Å². The summed E-state index contributed by atoms with van der Waals surface area (Å²) in [6.45, 7) is -2.87. The van der Waals surface area contributed by atoms with E-state index in [4.69, 9.17) is 4.74 Å². The largest absolute Gasteiger partial charge is 0.457 e. The first-order valence-electron chi connectivity index (χ1n) is 5.45. The van der Waals surface area contributed by atoms with Gasteiger partial charge in [-0.15, -0.1) is 0 Å². The molecule has 0 spiro atoms. The van der Waals surface area contributed by atoms with E-state index in [1.807, 2.05) is 0 Å². The van der Waals surface area contributed by atoms with E-state index in [-0.39, 0.29) is 5.75 Å². The predicted molar refractivity (Wildman–Crippen MR) is 65.0 cm³/mol. The molecule has 0 aliphatic rings. The molecule has 0 aliphatic carbocycles. The monoisotopic (exact) mass is 264 g/mol. The Kier molecular flexibility index (Phi) is 4.07. The Bertz CT molecular complexity index is 553. The fourth-order valence-electron chi connectivity index (χ4n) is 1.46. The Balaban J connectivity index is 2.11. The van der Waals surface area contributed by atoms with Crippen LogP contribution in [0.2, 0.25) is 0 Å². The van der Waals surface area contributed by atoms with E-state index in [2.05, 4.69) is 4.74 Å². The summed E-state index contributed by atoms with van der Waals surface area (Å²) in [5, 5.41) is 0. The smallest absolute Gasteiger partial charge is 0.387 e. The van der Waals surface area contributed by atoms with Crippen LogP contribution >= 0.6 is 0 Å². The van der Waals surface area contributed by atoms with Crippen LogP contribution in [0.15, 0.2) is 48.5 Å². The van der Waals surface area contributed by atoms with Crippen molar-refractivity contribution in [2.24, 2.45) is 0 Å². The van der Waals surface area contributed by atoms with Gasteiger partial charge in [-0.2, -0.15) is 8.78 Å². The third-order valence-corrected chi connectivity index (χ3v) is 2.28. The highest BCUT2D eigenvalue weighted by Crippen LogP contribution is 2.26. The predicted octanol–water partition coefficient (Wildman–Crippen LogP) is 3.89. The minimum absolute atomic E-state index is 0.0250. The van der Waals surface area contributed by atoms with Gasteiger partial charge in [-0.3, -0.25) is 4.79 Å². The summed E-state index contributed by atoms with van der Waals surface area (Å²) < 4.78 is 33.9. The standard InChI is InChI=1S/C14H10F2O3/c15-14(16)19-13-3-1-2-12(8-13)18-11-6-4-10(9-17)5-7-11/h1-9,14H. The molecule has 0 N–H and O–H groups in total. The molecular formula is C14H10F2O3. The highest BCUT2D eigenvalue weighted by atomic mass is 19.3. The first kappa shape index (κ1) is 13.0. The minimum atomic E-state index is -2.87. The average Bonchev–Trinajstić information content (AvgIpc) is 2.39. The van der Waals surface area contributed by atoms with Gasteiger partial charge in [-0.1, -0.05) is 6.07 Å². The first-order chi connectivity index (χ1) is 9.17. The molecular weight excluding hydrogens is 254 g/mol. The molecule has 0 saturated heterocycles. The highest BCUT2D eigenvalue weighted by molar-refractivity contribution is 5.74. The summed E-state index contributed by atoms with van der Waals surface area (Å²) in [5.41, 5.74) is 0.530. The fourth-order valence-corrected chi connectivity index (χ4v) is 1.46. The minimum Gasteiger partial charge on any atom is -0.457 e. The highest BCUT2D eigenvalue weighted by Gasteiger charge is 2.05. The van der Waals surface area contributed by atoms with Crippen LogP contribution in [0.3, 0.4) is 0 Å². The zero-order valence-corrected chi connectivity index (χ0v) is 9.75. The van der Waals surface area contributed by atoms with Crippen molar-refractivity contribution >= 4 is 6.29 Å². The van der Waals surface area contributed by atoms with E-state index in [1.54, 1.807) is 36.4 Å². The average molecular weight is 264 g/mol. The van der Waals surface area contributed by atoms with E-state index >= 15 is 0 Å². The van der Waals surface area contributed by atoms with Crippen molar-refractivity contribution in [3.8, 4) is 17.2 Å². The van der Waals surface area contributed by atoms with E-state index in [0.717, 1.165) is 6.29 Å². The first-order valence-corrected chi connectivity index (χ1v) is 5.45. The van der Waals surface area contributed by atoms with Crippen molar-refractivity contribution in [3.05, 3.63) is 54.1 Å². The van der Waals surface area contributed by atoms with Crippen molar-refractivity contribution in [2.75, 3.05) is 0 Å². The molecule has 0 unspecified atom stereocenters. The zero-order chi connectivity index (χ0) is 13.7. The summed E-state index contributed by atoms with van der Waals surface area (Å²) in [7, 11) is 0. The number of carbonyl (C=O) groups is 1. The Labute approximate surface area is 108 Å². The van der Waals surface area contributed by atoms with E-state index in [1.165, 1.54) is 12.1 Å². The second-order valence-corrected chi connectivity index (χ2v) is 3.64. The number of halogens is 2. The molecule has 0 heterocycles. The molecule has 0 radical (unpaired) electrons. The maximum atomic E-state index is 12.1. The molecule has 2 aromatic carbocycles. The van der Waals surface area contributed by atoms with E-state index < -0.39 is 6.61 Å². The quantitative estimate of drug-likeness (QED) is 0.768. The van der Waals surface area contributed by atoms with Crippen molar-refractivity contribution in [1.82, 2.24) is 0 Å². The van der Waals surface area contributed by atoms with Gasteiger partial charge in [0.25, 0.3) is 0 Å². The van der Waals surface area contributed by atoms with Crippen LogP contribution < -0.4 is 9.47 Å². The maximum absolute atomic E-state index is 12.1. The van der Waals surface area contributed by atoms with Crippen molar-refractivity contribution < 1.29 is 23.0 Å². The molecule has 0 amide bonds. The van der Waals surface area contributed by atoms with E-state index in [0.29, 0.717) is 17.1 Å². The molecule has 2 aromatic rings. The third-order valence-electron chi connectivity index (χ3n) is 2.28. The van der Waals surface area contributed by atoms with E-state index in [9.17, 15) is 13.6 Å². The Morgan fingerprint density at radius 1 is 0.947 bits per heavy atom. The number of carbonyl (C=O) groups excluding carboxylic acids is 1. The maximum Gasteiger partial charge on any atom is 0.387 e. The number of hydrogen-bond acceptors (Lipinski definition) is 3. The van der Waals surface area contributed by atoms with Crippen LogP contribution in [-0.2, 0) is 0 Å². The van der Waals surface area contributed by atoms with Crippen LogP contribution in [0, 0.1) is 0 Å². The lowest BCUT2D eigenvalue weighted by Gasteiger charge is -2.08. The molecule has 5 heteroatoms. The van der Waals surface area contributed by atoms with Gasteiger partial charge in [0.15, 0.2) is 0 Å². The normalized spacial score (nSPS) is 10.3. The second-order valence-electron chi connectivity index (χ2n) is 3.64. The van der Waals surface area contributed by atoms with Crippen molar-refractivity contribution in [2.45, 2.75) is 6.61 Å². The number of aldehydes is 1. The van der Waals surface area contributed by atoms with Gasteiger partial charge < -0.3 is 9.47 Å². The summed E-state index contributed by atoms with van der Waals surface area (Å²) in [6, 6.07) is 12.4. The van der Waals surface area contributed by atoms with Gasteiger partial charge in [0.1, 0.15) is 23.5 Å². The molecule has 2 rings (SSSR count). The molecule has 19 heavy (non-hydrogen) atoms. The molecule has 0 bridgehead atoms. The van der Waals surface area contributed by atoms with Gasteiger partial charge in [0, 0.05) is 11.6 Å². The summed E-state index contributed by atoms with van der Waals surface area (Å²) >= 11 is 0. The lowest BCUT2D eigenvalue weighted by atomic mass is 10.2. The van der Waals surface area contributed by atoms with Gasteiger partial charge in [0.2, 0.25) is 0 Å². The van der Waals surface area contributed by atoms with Gasteiger partial charge >= 0.3 is 6.61 Å². The summed E-state index contributed by atoms with van der Waals surface area (Å²) in [6.07, 6.45) is 0.723. The molecule has 0 atom stereocenters. The van der Waals surface area contributed by atoms with Crippen LogP contribution in [0.25, 0.3) is 0 Å². The summed E-state index contributed by atoms with van der Waals surface area (Å²) in [4.78, 5) is 10.5. The van der Waals surface area contributed by atoms with Gasteiger partial charge in [-0.05, 0) is 36.4 Å². The topological polar surface area (TPSA) is 35.5 Å². The number of benzene rings is 2. The molecule has 0 saturated carbocycles. The van der Waals surface area contributed by atoms with Gasteiger partial charge in [-0.25, -0.2) is 0 Å². The van der Waals surface area contributed by atoms with Crippen molar-refractivity contribution in [1.29, 1.82) is 0 Å². The molecule has 0 fully saturated rings. The van der Waals surface area contributed by atoms with Gasteiger partial charge in [0.05, 0.1) is 0 Å².